The third-order valence-electron chi connectivity index (χ3n) is 2.84. The predicted octanol–water partition coefficient (Wildman–Crippen LogP) is 3.06. The van der Waals surface area contributed by atoms with Crippen LogP contribution in [0, 0.1) is 5.82 Å². The van der Waals surface area contributed by atoms with Crippen LogP contribution in [-0.4, -0.2) is 17.0 Å². The van der Waals surface area contributed by atoms with E-state index >= 15 is 0 Å². The molecule has 4 heteroatoms. The van der Waals surface area contributed by atoms with Crippen LogP contribution >= 0.6 is 0 Å². The number of benzene rings is 1. The Morgan fingerprint density at radius 3 is 2.67 bits per heavy atom. The number of nitrogens with one attached hydrogen (secondary N) is 2. The maximum atomic E-state index is 13.7. The van der Waals surface area contributed by atoms with Crippen molar-refractivity contribution in [1.29, 1.82) is 0 Å². The van der Waals surface area contributed by atoms with Crippen LogP contribution in [0.4, 0.5) is 4.39 Å². The monoisotopic (exact) mass is 247 g/mol. The van der Waals surface area contributed by atoms with Gasteiger partial charge in [-0.05, 0) is 25.1 Å². The van der Waals surface area contributed by atoms with E-state index in [1.165, 1.54) is 6.07 Å². The second-order valence-electron chi connectivity index (χ2n) is 4.61. The molecule has 1 aromatic heterocycles. The van der Waals surface area contributed by atoms with E-state index in [0.717, 1.165) is 11.4 Å². The van der Waals surface area contributed by atoms with E-state index in [9.17, 15) is 4.39 Å². The molecule has 2 rings (SSSR count). The van der Waals surface area contributed by atoms with Crippen molar-refractivity contribution in [2.24, 2.45) is 0 Å². The molecule has 0 radical (unpaired) electrons. The van der Waals surface area contributed by atoms with Crippen LogP contribution in [0.2, 0.25) is 0 Å². The number of hydrogen-bond acceptors (Lipinski definition) is 2. The fourth-order valence-electron chi connectivity index (χ4n) is 1.99. The molecule has 0 saturated carbocycles. The van der Waals surface area contributed by atoms with Gasteiger partial charge in [-0.3, -0.25) is 0 Å². The van der Waals surface area contributed by atoms with E-state index in [4.69, 9.17) is 0 Å². The summed E-state index contributed by atoms with van der Waals surface area (Å²) in [6.45, 7) is 4.87. The normalized spacial score (nSPS) is 11.2. The van der Waals surface area contributed by atoms with Crippen LogP contribution in [0.25, 0.3) is 11.4 Å². The van der Waals surface area contributed by atoms with Crippen molar-refractivity contribution < 1.29 is 4.39 Å². The molecule has 18 heavy (non-hydrogen) atoms. The van der Waals surface area contributed by atoms with Crippen LogP contribution in [0.5, 0.6) is 0 Å². The fourth-order valence-corrected chi connectivity index (χ4v) is 1.99. The Morgan fingerprint density at radius 2 is 2.06 bits per heavy atom. The van der Waals surface area contributed by atoms with Crippen molar-refractivity contribution in [3.63, 3.8) is 0 Å². The van der Waals surface area contributed by atoms with E-state index < -0.39 is 0 Å². The maximum absolute atomic E-state index is 13.7. The van der Waals surface area contributed by atoms with Crippen LogP contribution in [0.1, 0.15) is 31.2 Å². The zero-order chi connectivity index (χ0) is 13.1. The highest BCUT2D eigenvalue weighted by molar-refractivity contribution is 5.57. The first-order valence-electron chi connectivity index (χ1n) is 6.11. The van der Waals surface area contributed by atoms with Gasteiger partial charge in [0.2, 0.25) is 0 Å². The van der Waals surface area contributed by atoms with Crippen molar-refractivity contribution in [2.45, 2.75) is 26.3 Å². The van der Waals surface area contributed by atoms with Gasteiger partial charge in [0.05, 0.1) is 17.0 Å². The molecule has 0 amide bonds. The summed E-state index contributed by atoms with van der Waals surface area (Å²) >= 11 is 0. The van der Waals surface area contributed by atoms with Crippen LogP contribution in [0.3, 0.4) is 0 Å². The molecular formula is C14H18FN3. The summed E-state index contributed by atoms with van der Waals surface area (Å²) < 4.78 is 13.7. The molecule has 1 aromatic carbocycles. The van der Waals surface area contributed by atoms with Gasteiger partial charge in [-0.15, -0.1) is 0 Å². The lowest BCUT2D eigenvalue weighted by Crippen LogP contribution is -2.08. The first-order valence-corrected chi connectivity index (χ1v) is 6.11. The SMILES string of the molecule is CNCc1[nH]c(-c2ccccc2F)nc1C(C)C. The van der Waals surface area contributed by atoms with Gasteiger partial charge in [-0.2, -0.15) is 0 Å². The molecule has 96 valence electrons. The molecule has 0 aliphatic rings. The van der Waals surface area contributed by atoms with Gasteiger partial charge in [-0.1, -0.05) is 26.0 Å². The Kier molecular flexibility index (Phi) is 3.77. The van der Waals surface area contributed by atoms with Crippen LogP contribution < -0.4 is 5.32 Å². The third-order valence-corrected chi connectivity index (χ3v) is 2.84. The van der Waals surface area contributed by atoms with E-state index in [0.29, 0.717) is 23.9 Å². The lowest BCUT2D eigenvalue weighted by Gasteiger charge is -2.03. The third kappa shape index (κ3) is 2.43. The average Bonchev–Trinajstić information content (AvgIpc) is 2.74. The van der Waals surface area contributed by atoms with Crippen molar-refractivity contribution >= 4 is 0 Å². The Hall–Kier alpha value is -1.68. The fraction of sp³-hybridized carbons (Fsp3) is 0.357. The molecule has 0 unspecified atom stereocenters. The van der Waals surface area contributed by atoms with E-state index in [-0.39, 0.29) is 5.82 Å². The van der Waals surface area contributed by atoms with Crippen molar-refractivity contribution in [2.75, 3.05) is 7.05 Å². The molecule has 0 aliphatic heterocycles. The summed E-state index contributed by atoms with van der Waals surface area (Å²) in [7, 11) is 1.88. The summed E-state index contributed by atoms with van der Waals surface area (Å²) in [5, 5.41) is 3.09. The Morgan fingerprint density at radius 1 is 1.33 bits per heavy atom. The molecule has 0 saturated heterocycles. The van der Waals surface area contributed by atoms with Crippen molar-refractivity contribution in [3.8, 4) is 11.4 Å². The number of imidazole rings is 1. The number of hydrogen-bond donors (Lipinski definition) is 2. The second kappa shape index (κ2) is 5.31. The molecule has 0 aliphatic carbocycles. The van der Waals surface area contributed by atoms with Gasteiger partial charge in [-0.25, -0.2) is 9.37 Å². The van der Waals surface area contributed by atoms with Gasteiger partial charge in [0, 0.05) is 6.54 Å². The summed E-state index contributed by atoms with van der Waals surface area (Å²) in [6, 6.07) is 6.68. The summed E-state index contributed by atoms with van der Waals surface area (Å²) in [5.41, 5.74) is 2.52. The van der Waals surface area contributed by atoms with Gasteiger partial charge < -0.3 is 10.3 Å². The highest BCUT2D eigenvalue weighted by Gasteiger charge is 2.15. The molecule has 0 bridgehead atoms. The van der Waals surface area contributed by atoms with Gasteiger partial charge in [0.25, 0.3) is 0 Å². The maximum Gasteiger partial charge on any atom is 0.140 e. The van der Waals surface area contributed by atoms with Gasteiger partial charge >= 0.3 is 0 Å². The first kappa shape index (κ1) is 12.8. The first-order chi connectivity index (χ1) is 8.63. The molecule has 0 atom stereocenters. The topological polar surface area (TPSA) is 40.7 Å². The number of rotatable bonds is 4. The molecule has 0 spiro atoms. The summed E-state index contributed by atoms with van der Waals surface area (Å²) in [6.07, 6.45) is 0. The zero-order valence-corrected chi connectivity index (χ0v) is 10.9. The number of nitrogens with zero attached hydrogens (tertiary/aromatic N) is 1. The minimum absolute atomic E-state index is 0.252. The number of aromatic nitrogens is 2. The molecular weight excluding hydrogens is 229 g/mol. The molecule has 2 N–H and O–H groups in total. The number of H-pyrrole nitrogens is 1. The standard InChI is InChI=1S/C14H18FN3/c1-9(2)13-12(8-16-3)17-14(18-13)10-6-4-5-7-11(10)15/h4-7,9,16H,8H2,1-3H3,(H,17,18). The molecule has 1 heterocycles. The largest absolute Gasteiger partial charge is 0.340 e. The Bertz CT molecular complexity index is 532. The molecule has 3 nitrogen and oxygen atoms in total. The van der Waals surface area contributed by atoms with Gasteiger partial charge in [0.15, 0.2) is 0 Å². The highest BCUT2D eigenvalue weighted by Crippen LogP contribution is 2.24. The summed E-state index contributed by atoms with van der Waals surface area (Å²) in [5.74, 6) is 0.657. The average molecular weight is 247 g/mol. The van der Waals surface area contributed by atoms with E-state index in [2.05, 4.69) is 29.1 Å². The minimum Gasteiger partial charge on any atom is -0.340 e. The number of aromatic amines is 1. The van der Waals surface area contributed by atoms with E-state index in [1.807, 2.05) is 13.1 Å². The van der Waals surface area contributed by atoms with Crippen molar-refractivity contribution in [1.82, 2.24) is 15.3 Å². The van der Waals surface area contributed by atoms with Gasteiger partial charge in [0.1, 0.15) is 11.6 Å². The smallest absolute Gasteiger partial charge is 0.140 e. The quantitative estimate of drug-likeness (QED) is 0.871. The zero-order valence-electron chi connectivity index (χ0n) is 10.9. The lowest BCUT2D eigenvalue weighted by atomic mass is 10.1. The predicted molar refractivity (Wildman–Crippen MR) is 70.8 cm³/mol. The van der Waals surface area contributed by atoms with Crippen LogP contribution in [-0.2, 0) is 6.54 Å². The number of halogens is 1. The van der Waals surface area contributed by atoms with E-state index in [1.54, 1.807) is 12.1 Å². The van der Waals surface area contributed by atoms with Crippen molar-refractivity contribution in [3.05, 3.63) is 41.5 Å². The molecule has 0 fully saturated rings. The Balaban J connectivity index is 2.47. The second-order valence-corrected chi connectivity index (χ2v) is 4.61. The minimum atomic E-state index is -0.252. The lowest BCUT2D eigenvalue weighted by molar-refractivity contribution is 0.630. The van der Waals surface area contributed by atoms with Crippen LogP contribution in [0.15, 0.2) is 24.3 Å². The Labute approximate surface area is 106 Å². The summed E-state index contributed by atoms with van der Waals surface area (Å²) in [4.78, 5) is 7.73. The molecule has 2 aromatic rings. The highest BCUT2D eigenvalue weighted by atomic mass is 19.1.